The Kier molecular flexibility index (Phi) is 1.44. The molecule has 70 valence electrons. The largest absolute Gasteiger partial charge is 0.441 e. The fourth-order valence-electron chi connectivity index (χ4n) is 1.58. The maximum absolute atomic E-state index is 5.44. The van der Waals surface area contributed by atoms with Crippen LogP contribution < -0.4 is 0 Å². The zero-order chi connectivity index (χ0) is 9.71. The quantitative estimate of drug-likeness (QED) is 0.565. The Morgan fingerprint density at radius 1 is 1.14 bits per heavy atom. The Morgan fingerprint density at radius 3 is 2.86 bits per heavy atom. The third-order valence-electron chi connectivity index (χ3n) is 2.11. The Hall–Kier alpha value is -1.42. The molecule has 2 aromatic heterocycles. The normalized spacial score (nSPS) is 11.6. The summed E-state index contributed by atoms with van der Waals surface area (Å²) >= 11 is 1.68. The van der Waals surface area contributed by atoms with E-state index in [2.05, 4.69) is 9.97 Å². The molecule has 0 aliphatic heterocycles. The third-order valence-corrected chi connectivity index (χ3v) is 3.05. The second kappa shape index (κ2) is 2.54. The SMILES string of the molecule is Cc1nc2cc3sc(C)nc3cc2o1. The summed E-state index contributed by atoms with van der Waals surface area (Å²) in [4.78, 5) is 8.69. The van der Waals surface area contributed by atoms with Gasteiger partial charge in [0.1, 0.15) is 5.52 Å². The van der Waals surface area contributed by atoms with E-state index in [9.17, 15) is 0 Å². The third kappa shape index (κ3) is 1.04. The molecule has 1 aromatic carbocycles. The Balaban J connectivity index is 2.49. The highest BCUT2D eigenvalue weighted by atomic mass is 32.1. The van der Waals surface area contributed by atoms with Crippen molar-refractivity contribution in [3.05, 3.63) is 23.0 Å². The van der Waals surface area contributed by atoms with E-state index in [4.69, 9.17) is 4.42 Å². The molecule has 2 heterocycles. The van der Waals surface area contributed by atoms with Crippen molar-refractivity contribution in [2.45, 2.75) is 13.8 Å². The first-order valence-corrected chi connectivity index (χ1v) is 5.18. The fourth-order valence-corrected chi connectivity index (χ4v) is 2.42. The molecule has 0 N–H and O–H groups in total. The van der Waals surface area contributed by atoms with Crippen LogP contribution in [0.3, 0.4) is 0 Å². The molecule has 0 bridgehead atoms. The van der Waals surface area contributed by atoms with Crippen LogP contribution >= 0.6 is 11.3 Å². The highest BCUT2D eigenvalue weighted by Gasteiger charge is 2.06. The summed E-state index contributed by atoms with van der Waals surface area (Å²) in [6.45, 7) is 3.86. The van der Waals surface area contributed by atoms with Crippen LogP contribution in [0.1, 0.15) is 10.9 Å². The molecule has 0 fully saturated rings. The zero-order valence-electron chi connectivity index (χ0n) is 7.87. The molecule has 0 spiro atoms. The molecular weight excluding hydrogens is 196 g/mol. The molecule has 0 saturated heterocycles. The van der Waals surface area contributed by atoms with Crippen molar-refractivity contribution in [2.24, 2.45) is 0 Å². The fraction of sp³-hybridized carbons (Fsp3) is 0.200. The minimum Gasteiger partial charge on any atom is -0.441 e. The number of fused-ring (bicyclic) bond motifs is 2. The molecule has 3 rings (SSSR count). The number of aromatic nitrogens is 2. The number of rotatable bonds is 0. The van der Waals surface area contributed by atoms with E-state index in [-0.39, 0.29) is 0 Å². The van der Waals surface area contributed by atoms with E-state index in [0.29, 0.717) is 5.89 Å². The number of thiazole rings is 1. The van der Waals surface area contributed by atoms with E-state index in [0.717, 1.165) is 21.6 Å². The second-order valence-corrected chi connectivity index (χ2v) is 4.49. The van der Waals surface area contributed by atoms with Gasteiger partial charge in [0, 0.05) is 13.0 Å². The van der Waals surface area contributed by atoms with Crippen LogP contribution in [-0.2, 0) is 0 Å². The molecule has 3 aromatic rings. The summed E-state index contributed by atoms with van der Waals surface area (Å²) < 4.78 is 6.61. The molecule has 0 radical (unpaired) electrons. The summed E-state index contributed by atoms with van der Waals surface area (Å²) in [6, 6.07) is 3.99. The average molecular weight is 204 g/mol. The van der Waals surface area contributed by atoms with E-state index in [1.54, 1.807) is 11.3 Å². The smallest absolute Gasteiger partial charge is 0.192 e. The summed E-state index contributed by atoms with van der Waals surface area (Å²) in [6.07, 6.45) is 0. The van der Waals surface area contributed by atoms with E-state index in [1.165, 1.54) is 4.70 Å². The predicted octanol–water partition coefficient (Wildman–Crippen LogP) is 3.05. The molecule has 0 saturated carbocycles. The molecule has 0 amide bonds. The van der Waals surface area contributed by atoms with Gasteiger partial charge in [0.15, 0.2) is 11.5 Å². The topological polar surface area (TPSA) is 38.9 Å². The molecule has 0 unspecified atom stereocenters. The van der Waals surface area contributed by atoms with Gasteiger partial charge in [0.05, 0.1) is 15.2 Å². The monoisotopic (exact) mass is 204 g/mol. The molecule has 0 aliphatic carbocycles. The highest BCUT2D eigenvalue weighted by molar-refractivity contribution is 7.18. The van der Waals surface area contributed by atoms with Gasteiger partial charge in [-0.3, -0.25) is 0 Å². The van der Waals surface area contributed by atoms with E-state index < -0.39 is 0 Å². The van der Waals surface area contributed by atoms with Crippen molar-refractivity contribution in [3.8, 4) is 0 Å². The maximum atomic E-state index is 5.44. The lowest BCUT2D eigenvalue weighted by atomic mass is 10.3. The van der Waals surface area contributed by atoms with Gasteiger partial charge in [-0.25, -0.2) is 9.97 Å². The van der Waals surface area contributed by atoms with Gasteiger partial charge in [-0.2, -0.15) is 0 Å². The Labute approximate surface area is 84.4 Å². The molecular formula is C10H8N2OS. The van der Waals surface area contributed by atoms with Crippen LogP contribution in [0.25, 0.3) is 21.3 Å². The van der Waals surface area contributed by atoms with Crippen LogP contribution in [0.5, 0.6) is 0 Å². The van der Waals surface area contributed by atoms with Crippen molar-refractivity contribution >= 4 is 32.7 Å². The number of nitrogens with zero attached hydrogens (tertiary/aromatic N) is 2. The van der Waals surface area contributed by atoms with Crippen molar-refractivity contribution in [3.63, 3.8) is 0 Å². The van der Waals surface area contributed by atoms with Crippen LogP contribution in [0, 0.1) is 13.8 Å². The molecule has 0 atom stereocenters. The van der Waals surface area contributed by atoms with Crippen LogP contribution in [0.4, 0.5) is 0 Å². The summed E-state index contributed by atoms with van der Waals surface area (Å²) in [5, 5.41) is 1.07. The Morgan fingerprint density at radius 2 is 2.00 bits per heavy atom. The zero-order valence-corrected chi connectivity index (χ0v) is 8.68. The summed E-state index contributed by atoms with van der Waals surface area (Å²) in [7, 11) is 0. The van der Waals surface area contributed by atoms with Crippen molar-refractivity contribution < 1.29 is 4.42 Å². The first kappa shape index (κ1) is 7.94. The van der Waals surface area contributed by atoms with Crippen LogP contribution in [0.15, 0.2) is 16.5 Å². The van der Waals surface area contributed by atoms with Crippen LogP contribution in [-0.4, -0.2) is 9.97 Å². The first-order valence-electron chi connectivity index (χ1n) is 4.37. The number of aryl methyl sites for hydroxylation is 2. The minimum atomic E-state index is 0.703. The average Bonchev–Trinajstić information content (AvgIpc) is 2.59. The van der Waals surface area contributed by atoms with Gasteiger partial charge >= 0.3 is 0 Å². The lowest BCUT2D eigenvalue weighted by Gasteiger charge is -1.85. The molecule has 3 nitrogen and oxygen atoms in total. The second-order valence-electron chi connectivity index (χ2n) is 3.25. The summed E-state index contributed by atoms with van der Waals surface area (Å²) in [5.41, 5.74) is 2.73. The number of hydrogen-bond donors (Lipinski definition) is 0. The maximum Gasteiger partial charge on any atom is 0.192 e. The van der Waals surface area contributed by atoms with E-state index in [1.807, 2.05) is 26.0 Å². The number of hydrogen-bond acceptors (Lipinski definition) is 4. The summed E-state index contributed by atoms with van der Waals surface area (Å²) in [5.74, 6) is 0.703. The van der Waals surface area contributed by atoms with Gasteiger partial charge in [-0.1, -0.05) is 0 Å². The van der Waals surface area contributed by atoms with E-state index >= 15 is 0 Å². The first-order chi connectivity index (χ1) is 6.72. The molecule has 14 heavy (non-hydrogen) atoms. The van der Waals surface area contributed by atoms with Crippen molar-refractivity contribution in [1.82, 2.24) is 9.97 Å². The van der Waals surface area contributed by atoms with Gasteiger partial charge < -0.3 is 4.42 Å². The van der Waals surface area contributed by atoms with Crippen molar-refractivity contribution in [1.29, 1.82) is 0 Å². The Bertz CT molecular complexity index is 521. The van der Waals surface area contributed by atoms with Crippen molar-refractivity contribution in [2.75, 3.05) is 0 Å². The van der Waals surface area contributed by atoms with Gasteiger partial charge in [0.25, 0.3) is 0 Å². The van der Waals surface area contributed by atoms with Crippen LogP contribution in [0.2, 0.25) is 0 Å². The lowest BCUT2D eigenvalue weighted by molar-refractivity contribution is 0.561. The number of benzene rings is 1. The van der Waals surface area contributed by atoms with Gasteiger partial charge in [-0.05, 0) is 13.0 Å². The highest BCUT2D eigenvalue weighted by Crippen LogP contribution is 2.27. The molecule has 0 aliphatic rings. The minimum absolute atomic E-state index is 0.703. The lowest BCUT2D eigenvalue weighted by Crippen LogP contribution is -1.70. The predicted molar refractivity (Wildman–Crippen MR) is 56.7 cm³/mol. The number of oxazole rings is 1. The standard InChI is InChI=1S/C10H8N2OS/c1-5-11-7-4-10-8(3-9(7)13-5)12-6(2)14-10/h3-4H,1-2H3. The molecule has 4 heteroatoms. The van der Waals surface area contributed by atoms with Gasteiger partial charge in [0.2, 0.25) is 0 Å². The van der Waals surface area contributed by atoms with Gasteiger partial charge in [-0.15, -0.1) is 11.3 Å².